The van der Waals surface area contributed by atoms with E-state index in [2.05, 4.69) is 4.98 Å². The Hall–Kier alpha value is -2.36. The Labute approximate surface area is 98.7 Å². The van der Waals surface area contributed by atoms with Crippen molar-refractivity contribution in [1.29, 1.82) is 0 Å². The fraction of sp³-hybridized carbons (Fsp3) is 0.0769. The molecule has 0 aliphatic heterocycles. The standard InChI is InChI=1S/C13H12N2O2/c14-12-7-10(9-4-2-1-3-5-9)6-11(15-12)8-13(16)17/h1-7H,8H2,(H2,14,15)(H,16,17). The summed E-state index contributed by atoms with van der Waals surface area (Å²) in [5.41, 5.74) is 8.01. The molecule has 4 heteroatoms. The van der Waals surface area contributed by atoms with E-state index < -0.39 is 5.97 Å². The average Bonchev–Trinajstić information content (AvgIpc) is 2.28. The molecule has 3 N–H and O–H groups in total. The molecular weight excluding hydrogens is 216 g/mol. The van der Waals surface area contributed by atoms with E-state index in [-0.39, 0.29) is 6.42 Å². The second-order valence-electron chi connectivity index (χ2n) is 3.71. The first-order valence-corrected chi connectivity index (χ1v) is 5.19. The van der Waals surface area contributed by atoms with Crippen LogP contribution in [0.5, 0.6) is 0 Å². The summed E-state index contributed by atoms with van der Waals surface area (Å²) in [4.78, 5) is 14.6. The van der Waals surface area contributed by atoms with Gasteiger partial charge in [0.15, 0.2) is 0 Å². The molecule has 2 rings (SSSR count). The summed E-state index contributed by atoms with van der Waals surface area (Å²) in [7, 11) is 0. The van der Waals surface area contributed by atoms with Gasteiger partial charge in [0.2, 0.25) is 0 Å². The molecule has 0 spiro atoms. The molecule has 0 atom stereocenters. The van der Waals surface area contributed by atoms with Crippen LogP contribution < -0.4 is 5.73 Å². The van der Waals surface area contributed by atoms with Crippen LogP contribution in [-0.4, -0.2) is 16.1 Å². The minimum atomic E-state index is -0.915. The van der Waals surface area contributed by atoms with E-state index in [9.17, 15) is 4.79 Å². The summed E-state index contributed by atoms with van der Waals surface area (Å²) in [5.74, 6) is -0.579. The molecule has 17 heavy (non-hydrogen) atoms. The van der Waals surface area contributed by atoms with Gasteiger partial charge >= 0.3 is 5.97 Å². The Balaban J connectivity index is 2.42. The van der Waals surface area contributed by atoms with Gasteiger partial charge in [-0.3, -0.25) is 4.79 Å². The van der Waals surface area contributed by atoms with Gasteiger partial charge in [0.1, 0.15) is 5.82 Å². The SMILES string of the molecule is Nc1cc(-c2ccccc2)cc(CC(=O)O)n1. The Bertz CT molecular complexity index is 538. The third-order valence-corrected chi connectivity index (χ3v) is 2.34. The second-order valence-corrected chi connectivity index (χ2v) is 3.71. The monoisotopic (exact) mass is 228 g/mol. The molecular formula is C13H12N2O2. The van der Waals surface area contributed by atoms with Gasteiger partial charge < -0.3 is 10.8 Å². The van der Waals surface area contributed by atoms with Gasteiger partial charge in [-0.05, 0) is 23.3 Å². The molecule has 86 valence electrons. The van der Waals surface area contributed by atoms with Crippen LogP contribution in [0.25, 0.3) is 11.1 Å². The first-order valence-electron chi connectivity index (χ1n) is 5.19. The number of nitrogen functional groups attached to an aromatic ring is 1. The van der Waals surface area contributed by atoms with Gasteiger partial charge in [0.25, 0.3) is 0 Å². The lowest BCUT2D eigenvalue weighted by Gasteiger charge is -2.05. The van der Waals surface area contributed by atoms with E-state index >= 15 is 0 Å². The van der Waals surface area contributed by atoms with Crippen molar-refractivity contribution in [3.05, 3.63) is 48.2 Å². The average molecular weight is 228 g/mol. The maximum Gasteiger partial charge on any atom is 0.309 e. The maximum absolute atomic E-state index is 10.6. The first-order chi connectivity index (χ1) is 8.15. The van der Waals surface area contributed by atoms with Crippen molar-refractivity contribution in [2.75, 3.05) is 5.73 Å². The third kappa shape index (κ3) is 2.81. The van der Waals surface area contributed by atoms with Crippen molar-refractivity contribution in [1.82, 2.24) is 4.98 Å². The van der Waals surface area contributed by atoms with Gasteiger partial charge in [0.05, 0.1) is 12.1 Å². The second kappa shape index (κ2) is 4.65. The van der Waals surface area contributed by atoms with Crippen molar-refractivity contribution in [3.63, 3.8) is 0 Å². The zero-order chi connectivity index (χ0) is 12.3. The van der Waals surface area contributed by atoms with Crippen LogP contribution in [0.4, 0.5) is 5.82 Å². The number of carbonyl (C=O) groups is 1. The summed E-state index contributed by atoms with van der Waals surface area (Å²) < 4.78 is 0. The fourth-order valence-corrected chi connectivity index (χ4v) is 1.65. The lowest BCUT2D eigenvalue weighted by molar-refractivity contribution is -0.136. The largest absolute Gasteiger partial charge is 0.481 e. The molecule has 0 aliphatic rings. The van der Waals surface area contributed by atoms with Crippen LogP contribution in [0.15, 0.2) is 42.5 Å². The number of rotatable bonds is 3. The number of nitrogens with zero attached hydrogens (tertiary/aromatic N) is 1. The molecule has 1 aromatic carbocycles. The summed E-state index contributed by atoms with van der Waals surface area (Å²) in [6.07, 6.45) is -0.120. The van der Waals surface area contributed by atoms with Gasteiger partial charge in [-0.25, -0.2) is 4.98 Å². The first kappa shape index (κ1) is 11.1. The Morgan fingerprint density at radius 3 is 2.53 bits per heavy atom. The molecule has 4 nitrogen and oxygen atoms in total. The molecule has 0 fully saturated rings. The number of hydrogen-bond acceptors (Lipinski definition) is 3. The lowest BCUT2D eigenvalue weighted by Crippen LogP contribution is -2.04. The molecule has 0 bridgehead atoms. The van der Waals surface area contributed by atoms with E-state index in [1.165, 1.54) is 0 Å². The Morgan fingerprint density at radius 1 is 1.18 bits per heavy atom. The van der Waals surface area contributed by atoms with Crippen LogP contribution in [0.3, 0.4) is 0 Å². The van der Waals surface area contributed by atoms with Crippen molar-refractivity contribution in [2.24, 2.45) is 0 Å². The molecule has 0 saturated carbocycles. The number of nitrogens with two attached hydrogens (primary N) is 1. The minimum Gasteiger partial charge on any atom is -0.481 e. The van der Waals surface area contributed by atoms with Gasteiger partial charge in [-0.1, -0.05) is 30.3 Å². The number of aromatic nitrogens is 1. The number of aliphatic carboxylic acids is 1. The third-order valence-electron chi connectivity index (χ3n) is 2.34. The molecule has 2 aromatic rings. The summed E-state index contributed by atoms with van der Waals surface area (Å²) >= 11 is 0. The number of benzene rings is 1. The molecule has 0 saturated heterocycles. The smallest absolute Gasteiger partial charge is 0.309 e. The van der Waals surface area contributed by atoms with Gasteiger partial charge in [-0.15, -0.1) is 0 Å². The quantitative estimate of drug-likeness (QED) is 0.841. The number of pyridine rings is 1. The number of carboxylic acid groups (broad SMARTS) is 1. The summed E-state index contributed by atoms with van der Waals surface area (Å²) in [5, 5.41) is 8.74. The molecule has 1 aromatic heterocycles. The van der Waals surface area contributed by atoms with Crippen LogP contribution in [0.1, 0.15) is 5.69 Å². The van der Waals surface area contributed by atoms with Crippen LogP contribution in [-0.2, 0) is 11.2 Å². The predicted octanol–water partition coefficient (Wildman–Crippen LogP) is 1.96. The van der Waals surface area contributed by atoms with E-state index in [1.54, 1.807) is 12.1 Å². The topological polar surface area (TPSA) is 76.2 Å². The number of anilines is 1. The molecule has 0 radical (unpaired) electrons. The molecule has 0 unspecified atom stereocenters. The van der Waals surface area contributed by atoms with Crippen molar-refractivity contribution in [3.8, 4) is 11.1 Å². The fourth-order valence-electron chi connectivity index (χ4n) is 1.65. The molecule has 0 amide bonds. The zero-order valence-corrected chi connectivity index (χ0v) is 9.13. The predicted molar refractivity (Wildman–Crippen MR) is 65.4 cm³/mol. The zero-order valence-electron chi connectivity index (χ0n) is 9.13. The minimum absolute atomic E-state index is 0.120. The normalized spacial score (nSPS) is 10.1. The van der Waals surface area contributed by atoms with E-state index in [1.807, 2.05) is 30.3 Å². The van der Waals surface area contributed by atoms with Crippen LogP contribution in [0, 0.1) is 0 Å². The highest BCUT2D eigenvalue weighted by molar-refractivity contribution is 5.72. The van der Waals surface area contributed by atoms with Crippen molar-refractivity contribution >= 4 is 11.8 Å². The van der Waals surface area contributed by atoms with Crippen molar-refractivity contribution in [2.45, 2.75) is 6.42 Å². The molecule has 0 aliphatic carbocycles. The van der Waals surface area contributed by atoms with Crippen LogP contribution in [0.2, 0.25) is 0 Å². The highest BCUT2D eigenvalue weighted by Crippen LogP contribution is 2.21. The van der Waals surface area contributed by atoms with E-state index in [0.29, 0.717) is 11.5 Å². The highest BCUT2D eigenvalue weighted by atomic mass is 16.4. The highest BCUT2D eigenvalue weighted by Gasteiger charge is 2.06. The summed E-state index contributed by atoms with van der Waals surface area (Å²) in [6, 6.07) is 13.1. The number of hydrogen-bond donors (Lipinski definition) is 2. The van der Waals surface area contributed by atoms with Gasteiger partial charge in [-0.2, -0.15) is 0 Å². The van der Waals surface area contributed by atoms with Gasteiger partial charge in [0, 0.05) is 0 Å². The van der Waals surface area contributed by atoms with Crippen LogP contribution >= 0.6 is 0 Å². The van der Waals surface area contributed by atoms with E-state index in [0.717, 1.165) is 11.1 Å². The summed E-state index contributed by atoms with van der Waals surface area (Å²) in [6.45, 7) is 0. The Morgan fingerprint density at radius 2 is 1.88 bits per heavy atom. The number of carboxylic acids is 1. The maximum atomic E-state index is 10.6. The Kier molecular flexibility index (Phi) is 3.05. The van der Waals surface area contributed by atoms with Crippen molar-refractivity contribution < 1.29 is 9.90 Å². The molecule has 1 heterocycles. The van der Waals surface area contributed by atoms with E-state index in [4.69, 9.17) is 10.8 Å². The lowest BCUT2D eigenvalue weighted by atomic mass is 10.1.